The molecule has 3 rings (SSSR count). The van der Waals surface area contributed by atoms with Crippen LogP contribution >= 0.6 is 23.2 Å². The molecule has 0 fully saturated rings. The number of carbonyl (C=O) groups is 1. The Hall–Kier alpha value is -1.51. The molecule has 2 aromatic carbocycles. The fourth-order valence-corrected chi connectivity index (χ4v) is 3.22. The standard InChI is InChI=1S/C17H14Cl2O2/c18-14-6-3-7-15(19)13(14)10-17(20)21-16-9-8-11-4-1-2-5-12(11)16/h1-7,16H,8-10H2/t16-/m1/s1. The summed E-state index contributed by atoms with van der Waals surface area (Å²) < 4.78 is 5.60. The first-order chi connectivity index (χ1) is 10.1. The number of halogens is 2. The van der Waals surface area contributed by atoms with Crippen LogP contribution in [0.2, 0.25) is 10.0 Å². The van der Waals surface area contributed by atoms with Gasteiger partial charge in [-0.15, -0.1) is 0 Å². The number of fused-ring (bicyclic) bond motifs is 1. The van der Waals surface area contributed by atoms with Crippen molar-refractivity contribution in [3.8, 4) is 0 Å². The molecule has 108 valence electrons. The largest absolute Gasteiger partial charge is 0.457 e. The van der Waals surface area contributed by atoms with Gasteiger partial charge in [0.15, 0.2) is 0 Å². The first-order valence-corrected chi connectivity index (χ1v) is 7.61. The molecule has 0 aliphatic heterocycles. The van der Waals surface area contributed by atoms with E-state index in [4.69, 9.17) is 27.9 Å². The van der Waals surface area contributed by atoms with Crippen molar-refractivity contribution in [2.24, 2.45) is 0 Å². The van der Waals surface area contributed by atoms with Gasteiger partial charge < -0.3 is 4.74 Å². The van der Waals surface area contributed by atoms with Crippen molar-refractivity contribution in [2.45, 2.75) is 25.4 Å². The molecule has 0 radical (unpaired) electrons. The Kier molecular flexibility index (Phi) is 4.18. The van der Waals surface area contributed by atoms with Crippen LogP contribution in [0.1, 0.15) is 29.2 Å². The monoisotopic (exact) mass is 320 g/mol. The number of hydrogen-bond donors (Lipinski definition) is 0. The van der Waals surface area contributed by atoms with E-state index in [9.17, 15) is 4.79 Å². The van der Waals surface area contributed by atoms with E-state index in [1.165, 1.54) is 5.56 Å². The van der Waals surface area contributed by atoms with E-state index < -0.39 is 0 Å². The van der Waals surface area contributed by atoms with Crippen molar-refractivity contribution in [3.63, 3.8) is 0 Å². The van der Waals surface area contributed by atoms with E-state index in [0.717, 1.165) is 18.4 Å². The molecular weight excluding hydrogens is 307 g/mol. The summed E-state index contributed by atoms with van der Waals surface area (Å²) in [5.41, 5.74) is 2.99. The van der Waals surface area contributed by atoms with Crippen LogP contribution in [0.3, 0.4) is 0 Å². The summed E-state index contributed by atoms with van der Waals surface area (Å²) in [6.45, 7) is 0. The minimum atomic E-state index is -0.299. The number of ether oxygens (including phenoxy) is 1. The second-order valence-corrected chi connectivity index (χ2v) is 5.91. The van der Waals surface area contributed by atoms with Crippen LogP contribution in [0.5, 0.6) is 0 Å². The van der Waals surface area contributed by atoms with E-state index in [2.05, 4.69) is 6.07 Å². The Morgan fingerprint density at radius 1 is 1.10 bits per heavy atom. The molecule has 1 aliphatic rings. The lowest BCUT2D eigenvalue weighted by atomic mass is 10.1. The van der Waals surface area contributed by atoms with E-state index in [1.54, 1.807) is 18.2 Å². The molecule has 0 unspecified atom stereocenters. The van der Waals surface area contributed by atoms with Crippen molar-refractivity contribution >= 4 is 29.2 Å². The molecule has 21 heavy (non-hydrogen) atoms. The minimum Gasteiger partial charge on any atom is -0.457 e. The van der Waals surface area contributed by atoms with E-state index in [1.807, 2.05) is 18.2 Å². The van der Waals surface area contributed by atoms with Crippen LogP contribution in [-0.2, 0) is 22.4 Å². The van der Waals surface area contributed by atoms with Gasteiger partial charge in [-0.3, -0.25) is 4.79 Å². The van der Waals surface area contributed by atoms with Crippen molar-refractivity contribution in [1.29, 1.82) is 0 Å². The van der Waals surface area contributed by atoms with Crippen LogP contribution in [0.25, 0.3) is 0 Å². The van der Waals surface area contributed by atoms with Gasteiger partial charge in [0.25, 0.3) is 0 Å². The molecule has 1 aliphatic carbocycles. The van der Waals surface area contributed by atoms with E-state index >= 15 is 0 Å². The smallest absolute Gasteiger partial charge is 0.310 e. The number of benzene rings is 2. The van der Waals surface area contributed by atoms with Crippen molar-refractivity contribution < 1.29 is 9.53 Å². The summed E-state index contributed by atoms with van der Waals surface area (Å²) in [5, 5.41) is 0.984. The summed E-state index contributed by atoms with van der Waals surface area (Å²) in [4.78, 5) is 12.1. The fourth-order valence-electron chi connectivity index (χ4n) is 2.69. The Morgan fingerprint density at radius 2 is 1.81 bits per heavy atom. The van der Waals surface area contributed by atoms with E-state index in [0.29, 0.717) is 15.6 Å². The topological polar surface area (TPSA) is 26.3 Å². The molecule has 0 aromatic heterocycles. The lowest BCUT2D eigenvalue weighted by molar-refractivity contribution is -0.148. The maximum Gasteiger partial charge on any atom is 0.310 e. The number of aryl methyl sites for hydroxylation is 1. The number of hydrogen-bond acceptors (Lipinski definition) is 2. The summed E-state index contributed by atoms with van der Waals surface area (Å²) in [5.74, 6) is -0.299. The third-order valence-electron chi connectivity index (χ3n) is 3.73. The third kappa shape index (κ3) is 3.07. The SMILES string of the molecule is O=C(Cc1c(Cl)cccc1Cl)O[C@@H]1CCc2ccccc21. The molecule has 2 nitrogen and oxygen atoms in total. The van der Waals surface area contributed by atoms with Crippen molar-refractivity contribution in [1.82, 2.24) is 0 Å². The molecule has 4 heteroatoms. The first-order valence-electron chi connectivity index (χ1n) is 6.85. The van der Waals surface area contributed by atoms with Gasteiger partial charge in [-0.2, -0.15) is 0 Å². The molecule has 0 amide bonds. The lowest BCUT2D eigenvalue weighted by Gasteiger charge is -2.14. The average molecular weight is 321 g/mol. The molecule has 1 atom stereocenters. The molecule has 0 heterocycles. The van der Waals surface area contributed by atoms with Crippen LogP contribution in [0, 0.1) is 0 Å². The minimum absolute atomic E-state index is 0.0944. The second-order valence-electron chi connectivity index (χ2n) is 5.09. The van der Waals surface area contributed by atoms with E-state index in [-0.39, 0.29) is 18.5 Å². The predicted molar refractivity (Wildman–Crippen MR) is 83.8 cm³/mol. The first kappa shape index (κ1) is 14.4. The van der Waals surface area contributed by atoms with Gasteiger partial charge in [0, 0.05) is 15.6 Å². The van der Waals surface area contributed by atoms with Gasteiger partial charge >= 0.3 is 5.97 Å². The zero-order chi connectivity index (χ0) is 14.8. The Labute approximate surface area is 133 Å². The zero-order valence-electron chi connectivity index (χ0n) is 11.3. The Morgan fingerprint density at radius 3 is 2.57 bits per heavy atom. The number of carbonyl (C=O) groups excluding carboxylic acids is 1. The third-order valence-corrected chi connectivity index (χ3v) is 4.44. The summed E-state index contributed by atoms with van der Waals surface area (Å²) >= 11 is 12.2. The predicted octanol–water partition coefficient (Wildman–Crippen LogP) is 4.77. The van der Waals surface area contributed by atoms with Crippen molar-refractivity contribution in [3.05, 3.63) is 69.2 Å². The summed E-state index contributed by atoms with van der Waals surface area (Å²) in [6.07, 6.45) is 1.72. The molecule has 0 spiro atoms. The number of esters is 1. The second kappa shape index (κ2) is 6.08. The summed E-state index contributed by atoms with van der Waals surface area (Å²) in [7, 11) is 0. The Bertz CT molecular complexity index is 662. The summed E-state index contributed by atoms with van der Waals surface area (Å²) in [6, 6.07) is 13.3. The van der Waals surface area contributed by atoms with Gasteiger partial charge in [0.05, 0.1) is 6.42 Å². The van der Waals surface area contributed by atoms with Crippen LogP contribution in [0.15, 0.2) is 42.5 Å². The highest BCUT2D eigenvalue weighted by molar-refractivity contribution is 6.36. The highest BCUT2D eigenvalue weighted by Crippen LogP contribution is 2.34. The quantitative estimate of drug-likeness (QED) is 0.762. The van der Waals surface area contributed by atoms with Crippen LogP contribution < -0.4 is 0 Å². The molecule has 2 aromatic rings. The van der Waals surface area contributed by atoms with Crippen LogP contribution in [-0.4, -0.2) is 5.97 Å². The zero-order valence-corrected chi connectivity index (χ0v) is 12.8. The maximum absolute atomic E-state index is 12.1. The molecule has 0 saturated carbocycles. The molecule has 0 bridgehead atoms. The highest BCUT2D eigenvalue weighted by atomic mass is 35.5. The van der Waals surface area contributed by atoms with Crippen LogP contribution in [0.4, 0.5) is 0 Å². The normalized spacial score (nSPS) is 16.6. The van der Waals surface area contributed by atoms with Gasteiger partial charge in [0.2, 0.25) is 0 Å². The fraction of sp³-hybridized carbons (Fsp3) is 0.235. The molecule has 0 saturated heterocycles. The van der Waals surface area contributed by atoms with Gasteiger partial charge in [-0.1, -0.05) is 53.5 Å². The maximum atomic E-state index is 12.1. The molecular formula is C17H14Cl2O2. The van der Waals surface area contributed by atoms with Gasteiger partial charge in [-0.25, -0.2) is 0 Å². The highest BCUT2D eigenvalue weighted by Gasteiger charge is 2.25. The van der Waals surface area contributed by atoms with Gasteiger partial charge in [-0.05, 0) is 36.1 Å². The average Bonchev–Trinajstić information content (AvgIpc) is 2.87. The number of rotatable bonds is 3. The van der Waals surface area contributed by atoms with Gasteiger partial charge in [0.1, 0.15) is 6.10 Å². The van der Waals surface area contributed by atoms with Crippen molar-refractivity contribution in [2.75, 3.05) is 0 Å². The molecule has 0 N–H and O–H groups in total. The Balaban J connectivity index is 1.71. The lowest BCUT2D eigenvalue weighted by Crippen LogP contribution is -2.12.